The van der Waals surface area contributed by atoms with E-state index in [0.717, 1.165) is 50.2 Å². The summed E-state index contributed by atoms with van der Waals surface area (Å²) in [5.41, 5.74) is 1.14. The van der Waals surface area contributed by atoms with E-state index in [-0.39, 0.29) is 23.5 Å². The van der Waals surface area contributed by atoms with Crippen molar-refractivity contribution in [2.45, 2.75) is 62.8 Å². The third-order valence-electron chi connectivity index (χ3n) is 7.01. The van der Waals surface area contributed by atoms with Gasteiger partial charge in [-0.25, -0.2) is 14.8 Å². The van der Waals surface area contributed by atoms with Crippen molar-refractivity contribution in [3.8, 4) is 0 Å². The van der Waals surface area contributed by atoms with Gasteiger partial charge in [0, 0.05) is 31.1 Å². The number of aliphatic hydroxyl groups excluding tert-OH is 1. The predicted octanol–water partition coefficient (Wildman–Crippen LogP) is 3.45. The highest BCUT2D eigenvalue weighted by molar-refractivity contribution is 7.17. The summed E-state index contributed by atoms with van der Waals surface area (Å²) in [4.78, 5) is 35.3. The van der Waals surface area contributed by atoms with Gasteiger partial charge in [0.1, 0.15) is 12.1 Å². The van der Waals surface area contributed by atoms with Crippen LogP contribution in [-0.4, -0.2) is 74.4 Å². The van der Waals surface area contributed by atoms with Crippen molar-refractivity contribution in [2.75, 3.05) is 24.5 Å². The van der Waals surface area contributed by atoms with Gasteiger partial charge in [0.2, 0.25) is 5.91 Å². The molecule has 0 bridgehead atoms. The topological polar surface area (TPSA) is 107 Å². The number of amides is 1. The molecule has 0 aromatic carbocycles. The first-order valence-corrected chi connectivity index (χ1v) is 12.2. The molecule has 1 aliphatic carbocycles. The summed E-state index contributed by atoms with van der Waals surface area (Å²) >= 11 is 1.72. The Kier molecular flexibility index (Phi) is 6.99. The molecule has 34 heavy (non-hydrogen) atoms. The lowest BCUT2D eigenvalue weighted by Gasteiger charge is -2.39. The van der Waals surface area contributed by atoms with Crippen LogP contribution in [0.5, 0.6) is 0 Å². The molecule has 1 unspecified atom stereocenters. The third kappa shape index (κ3) is 4.97. The number of halogens is 3. The molecule has 1 saturated carbocycles. The minimum absolute atomic E-state index is 0.0429. The quantitative estimate of drug-likeness (QED) is 0.651. The second-order valence-electron chi connectivity index (χ2n) is 9.12. The largest absolute Gasteiger partial charge is 0.490 e. The van der Waals surface area contributed by atoms with Crippen molar-refractivity contribution >= 4 is 39.2 Å². The lowest BCUT2D eigenvalue weighted by molar-refractivity contribution is -0.192. The van der Waals surface area contributed by atoms with Gasteiger partial charge >= 0.3 is 12.1 Å². The standard InChI is InChI=1S/C20H26N4O2S.C2HF3O2/c25-15-11-14(12-15)19(26)23-7-1-4-20(6-9-23)5-2-8-24(20)18-17-16(3-10-27-17)21-13-22-18;3-2(4,5)1(6)7/h3,10,13-15,25H,1-2,4-9,11-12H2;(H,6,7). The summed E-state index contributed by atoms with van der Waals surface area (Å²) < 4.78 is 32.9. The Morgan fingerprint density at radius 2 is 1.76 bits per heavy atom. The number of carbonyl (C=O) groups excluding carboxylic acids is 1. The van der Waals surface area contributed by atoms with Crippen molar-refractivity contribution < 1.29 is 33.0 Å². The number of hydrogen-bond donors (Lipinski definition) is 2. The van der Waals surface area contributed by atoms with Crippen LogP contribution in [-0.2, 0) is 9.59 Å². The number of hydrogen-bond acceptors (Lipinski definition) is 7. The number of aliphatic carboxylic acids is 1. The number of nitrogens with zero attached hydrogens (tertiary/aromatic N) is 4. The highest BCUT2D eigenvalue weighted by atomic mass is 32.1. The molecule has 1 amide bonds. The number of alkyl halides is 3. The average molecular weight is 501 g/mol. The molecule has 3 aliphatic rings. The maximum Gasteiger partial charge on any atom is 0.490 e. The molecule has 12 heteroatoms. The summed E-state index contributed by atoms with van der Waals surface area (Å²) in [6.45, 7) is 2.70. The highest BCUT2D eigenvalue weighted by Crippen LogP contribution is 2.43. The van der Waals surface area contributed by atoms with E-state index in [9.17, 15) is 23.1 Å². The Labute approximate surface area is 198 Å². The molecule has 1 atom stereocenters. The molecule has 2 aromatic rings. The molecular formula is C22H27F3N4O4S. The Morgan fingerprint density at radius 1 is 1.09 bits per heavy atom. The first kappa shape index (κ1) is 24.6. The molecule has 2 saturated heterocycles. The number of aromatic nitrogens is 2. The molecule has 4 heterocycles. The van der Waals surface area contributed by atoms with Crippen LogP contribution in [0.25, 0.3) is 10.2 Å². The SMILES string of the molecule is O=C(C1CC(O)C1)N1CCCC2(CCCN2c2ncnc3ccsc23)CC1.O=C(O)C(F)(F)F. The first-order valence-electron chi connectivity index (χ1n) is 11.3. The monoisotopic (exact) mass is 500 g/mol. The molecule has 2 N–H and O–H groups in total. The minimum atomic E-state index is -5.08. The van der Waals surface area contributed by atoms with E-state index in [1.54, 1.807) is 17.7 Å². The fraction of sp³-hybridized carbons (Fsp3) is 0.636. The van der Waals surface area contributed by atoms with E-state index in [0.29, 0.717) is 12.8 Å². The van der Waals surface area contributed by atoms with Gasteiger partial charge in [0.05, 0.1) is 16.3 Å². The fourth-order valence-electron chi connectivity index (χ4n) is 5.20. The van der Waals surface area contributed by atoms with Crippen LogP contribution >= 0.6 is 11.3 Å². The number of thiophene rings is 1. The molecule has 0 radical (unpaired) electrons. The number of carbonyl (C=O) groups is 2. The van der Waals surface area contributed by atoms with Gasteiger partial charge in [-0.3, -0.25) is 4.79 Å². The van der Waals surface area contributed by atoms with Crippen molar-refractivity contribution in [1.82, 2.24) is 14.9 Å². The normalized spacial score (nSPS) is 27.2. The summed E-state index contributed by atoms with van der Waals surface area (Å²) in [7, 11) is 0. The lowest BCUT2D eigenvalue weighted by Crippen LogP contribution is -2.47. The summed E-state index contributed by atoms with van der Waals surface area (Å²) in [6, 6.07) is 2.06. The zero-order valence-corrected chi connectivity index (χ0v) is 19.3. The molecule has 8 nitrogen and oxygen atoms in total. The number of anilines is 1. The number of carboxylic acids is 1. The molecule has 5 rings (SSSR count). The molecule has 3 fully saturated rings. The van der Waals surface area contributed by atoms with E-state index < -0.39 is 12.1 Å². The number of likely N-dealkylation sites (tertiary alicyclic amines) is 1. The maximum atomic E-state index is 12.8. The Hall–Kier alpha value is -2.47. The van der Waals surface area contributed by atoms with Gasteiger partial charge in [0.15, 0.2) is 0 Å². The van der Waals surface area contributed by atoms with Gasteiger partial charge in [-0.2, -0.15) is 13.2 Å². The van der Waals surface area contributed by atoms with Crippen LogP contribution in [0.15, 0.2) is 17.8 Å². The molecule has 2 aromatic heterocycles. The number of rotatable bonds is 2. The van der Waals surface area contributed by atoms with Crippen LogP contribution in [0.2, 0.25) is 0 Å². The highest BCUT2D eigenvalue weighted by Gasteiger charge is 2.45. The van der Waals surface area contributed by atoms with Crippen molar-refractivity contribution in [2.24, 2.45) is 5.92 Å². The molecule has 2 aliphatic heterocycles. The summed E-state index contributed by atoms with van der Waals surface area (Å²) in [6.07, 6.45) is 3.13. The Morgan fingerprint density at radius 3 is 2.41 bits per heavy atom. The minimum Gasteiger partial charge on any atom is -0.475 e. The number of carboxylic acid groups (broad SMARTS) is 1. The van der Waals surface area contributed by atoms with E-state index in [4.69, 9.17) is 9.90 Å². The van der Waals surface area contributed by atoms with Crippen LogP contribution in [0.1, 0.15) is 44.9 Å². The van der Waals surface area contributed by atoms with Crippen LogP contribution < -0.4 is 4.90 Å². The van der Waals surface area contributed by atoms with Crippen LogP contribution in [0, 0.1) is 5.92 Å². The second kappa shape index (κ2) is 9.65. The zero-order chi connectivity index (χ0) is 24.5. The number of aliphatic hydroxyl groups is 1. The maximum absolute atomic E-state index is 12.8. The van der Waals surface area contributed by atoms with Crippen LogP contribution in [0.3, 0.4) is 0 Å². The molecule has 186 valence electrons. The average Bonchev–Trinajstić information content (AvgIpc) is 3.34. The van der Waals surface area contributed by atoms with Gasteiger partial charge in [0.25, 0.3) is 0 Å². The van der Waals surface area contributed by atoms with Gasteiger partial charge in [-0.1, -0.05) is 0 Å². The van der Waals surface area contributed by atoms with E-state index in [1.807, 2.05) is 0 Å². The number of fused-ring (bicyclic) bond motifs is 1. The zero-order valence-electron chi connectivity index (χ0n) is 18.5. The van der Waals surface area contributed by atoms with Crippen molar-refractivity contribution in [3.05, 3.63) is 17.8 Å². The van der Waals surface area contributed by atoms with Crippen LogP contribution in [0.4, 0.5) is 19.0 Å². The van der Waals surface area contributed by atoms with Gasteiger partial charge in [-0.05, 0) is 56.4 Å². The fourth-order valence-corrected chi connectivity index (χ4v) is 6.05. The van der Waals surface area contributed by atoms with Crippen molar-refractivity contribution in [1.29, 1.82) is 0 Å². The second-order valence-corrected chi connectivity index (χ2v) is 10.0. The smallest absolute Gasteiger partial charge is 0.475 e. The van der Waals surface area contributed by atoms with E-state index in [2.05, 4.69) is 31.2 Å². The third-order valence-corrected chi connectivity index (χ3v) is 7.91. The first-order chi connectivity index (χ1) is 16.1. The molecular weight excluding hydrogens is 473 g/mol. The molecule has 1 spiro atoms. The Bertz CT molecular complexity index is 1040. The van der Waals surface area contributed by atoms with E-state index in [1.165, 1.54) is 17.5 Å². The predicted molar refractivity (Wildman–Crippen MR) is 120 cm³/mol. The lowest BCUT2D eigenvalue weighted by atomic mass is 9.81. The van der Waals surface area contributed by atoms with Gasteiger partial charge < -0.3 is 20.0 Å². The van der Waals surface area contributed by atoms with Gasteiger partial charge in [-0.15, -0.1) is 11.3 Å². The summed E-state index contributed by atoms with van der Waals surface area (Å²) in [5.74, 6) is -1.38. The Balaban J connectivity index is 0.000000344. The van der Waals surface area contributed by atoms with Crippen molar-refractivity contribution in [3.63, 3.8) is 0 Å². The van der Waals surface area contributed by atoms with E-state index >= 15 is 0 Å². The summed E-state index contributed by atoms with van der Waals surface area (Å²) in [5, 5.41) is 18.7.